The van der Waals surface area contributed by atoms with Crippen molar-refractivity contribution in [2.75, 3.05) is 12.3 Å². The molecule has 0 spiro atoms. The predicted octanol–water partition coefficient (Wildman–Crippen LogP) is 1.03. The number of primary amides is 1. The number of nitrogens with zero attached hydrogens (tertiary/aromatic N) is 1. The van der Waals surface area contributed by atoms with Crippen molar-refractivity contribution in [2.45, 2.75) is 25.3 Å². The predicted molar refractivity (Wildman–Crippen MR) is 68.6 cm³/mol. The number of piperidine rings is 1. The molecule has 1 fully saturated rings. The molecule has 1 aromatic carbocycles. The molecule has 2 rings (SSSR count). The molecule has 20 heavy (non-hydrogen) atoms. The highest BCUT2D eigenvalue weighted by Crippen LogP contribution is 2.23. The third-order valence-electron chi connectivity index (χ3n) is 3.39. The number of nitrogen functional groups attached to an aromatic ring is 1. The van der Waals surface area contributed by atoms with Crippen molar-refractivity contribution >= 4 is 17.5 Å². The van der Waals surface area contributed by atoms with Gasteiger partial charge in [-0.25, -0.2) is 8.78 Å². The largest absolute Gasteiger partial charge is 0.396 e. The van der Waals surface area contributed by atoms with Crippen molar-refractivity contribution in [3.05, 3.63) is 29.3 Å². The summed E-state index contributed by atoms with van der Waals surface area (Å²) in [7, 11) is 0. The lowest BCUT2D eigenvalue weighted by Crippen LogP contribution is -2.50. The van der Waals surface area contributed by atoms with E-state index in [0.29, 0.717) is 12.8 Å². The molecular weight excluding hydrogens is 268 g/mol. The Kier molecular flexibility index (Phi) is 3.87. The molecule has 0 bridgehead atoms. The molecular formula is C13H15F2N3O2. The van der Waals surface area contributed by atoms with Crippen LogP contribution in [0.5, 0.6) is 0 Å². The van der Waals surface area contributed by atoms with Gasteiger partial charge in [0, 0.05) is 6.54 Å². The Balaban J connectivity index is 2.37. The molecule has 0 aliphatic carbocycles. The smallest absolute Gasteiger partial charge is 0.257 e. The van der Waals surface area contributed by atoms with E-state index >= 15 is 0 Å². The normalized spacial score (nSPS) is 18.9. The lowest BCUT2D eigenvalue weighted by Gasteiger charge is -2.33. The summed E-state index contributed by atoms with van der Waals surface area (Å²) < 4.78 is 27.1. The maximum atomic E-state index is 13.9. The minimum absolute atomic E-state index is 0.280. The van der Waals surface area contributed by atoms with Gasteiger partial charge in [0.15, 0.2) is 5.82 Å². The third kappa shape index (κ3) is 2.56. The van der Waals surface area contributed by atoms with Crippen LogP contribution >= 0.6 is 0 Å². The maximum absolute atomic E-state index is 13.9. The van der Waals surface area contributed by atoms with Crippen molar-refractivity contribution in [3.63, 3.8) is 0 Å². The molecule has 5 nitrogen and oxygen atoms in total. The van der Waals surface area contributed by atoms with Gasteiger partial charge in [0.1, 0.15) is 11.9 Å². The molecule has 1 aromatic rings. The van der Waals surface area contributed by atoms with E-state index in [2.05, 4.69) is 0 Å². The zero-order chi connectivity index (χ0) is 14.9. The monoisotopic (exact) mass is 283 g/mol. The van der Waals surface area contributed by atoms with Gasteiger partial charge in [-0.3, -0.25) is 9.59 Å². The summed E-state index contributed by atoms with van der Waals surface area (Å²) in [6, 6.07) is 0.786. The average molecular weight is 283 g/mol. The number of anilines is 1. The lowest BCUT2D eigenvalue weighted by atomic mass is 10.00. The molecule has 2 amide bonds. The molecule has 4 N–H and O–H groups in total. The van der Waals surface area contributed by atoms with E-state index in [1.807, 2.05) is 0 Å². The lowest BCUT2D eigenvalue weighted by molar-refractivity contribution is -0.123. The summed E-state index contributed by atoms with van der Waals surface area (Å²) in [5.74, 6) is -3.20. The summed E-state index contributed by atoms with van der Waals surface area (Å²) in [4.78, 5) is 24.8. The SMILES string of the molecule is NC(=O)C1CCCCN1C(=O)c1cc(F)cc(N)c1F. The van der Waals surface area contributed by atoms with Gasteiger partial charge in [-0.1, -0.05) is 0 Å². The molecule has 0 saturated carbocycles. The van der Waals surface area contributed by atoms with Crippen LogP contribution in [0.1, 0.15) is 29.6 Å². The van der Waals surface area contributed by atoms with Crippen molar-refractivity contribution in [1.82, 2.24) is 4.90 Å². The third-order valence-corrected chi connectivity index (χ3v) is 3.39. The van der Waals surface area contributed by atoms with Gasteiger partial charge < -0.3 is 16.4 Å². The van der Waals surface area contributed by atoms with E-state index < -0.39 is 40.7 Å². The van der Waals surface area contributed by atoms with Crippen LogP contribution < -0.4 is 11.5 Å². The van der Waals surface area contributed by atoms with E-state index in [0.717, 1.165) is 18.6 Å². The van der Waals surface area contributed by atoms with Gasteiger partial charge in [0.25, 0.3) is 5.91 Å². The second-order valence-corrected chi connectivity index (χ2v) is 4.77. The number of rotatable bonds is 2. The van der Waals surface area contributed by atoms with Crippen LogP contribution in [0, 0.1) is 11.6 Å². The second kappa shape index (κ2) is 5.44. The number of likely N-dealkylation sites (tertiary alicyclic amines) is 1. The van der Waals surface area contributed by atoms with Crippen LogP contribution in [0.25, 0.3) is 0 Å². The Morgan fingerprint density at radius 2 is 1.95 bits per heavy atom. The molecule has 0 aromatic heterocycles. The van der Waals surface area contributed by atoms with Crippen molar-refractivity contribution in [2.24, 2.45) is 5.73 Å². The van der Waals surface area contributed by atoms with Gasteiger partial charge in [-0.05, 0) is 31.4 Å². The summed E-state index contributed by atoms with van der Waals surface area (Å²) >= 11 is 0. The Bertz CT molecular complexity index is 563. The fourth-order valence-corrected chi connectivity index (χ4v) is 2.39. The highest BCUT2D eigenvalue weighted by atomic mass is 19.1. The number of amides is 2. The van der Waals surface area contributed by atoms with Gasteiger partial charge in [-0.15, -0.1) is 0 Å². The molecule has 1 unspecified atom stereocenters. The van der Waals surface area contributed by atoms with E-state index in [9.17, 15) is 18.4 Å². The first-order valence-electron chi connectivity index (χ1n) is 6.26. The van der Waals surface area contributed by atoms with E-state index in [1.165, 1.54) is 4.90 Å². The summed E-state index contributed by atoms with van der Waals surface area (Å²) in [6.45, 7) is 0.280. The summed E-state index contributed by atoms with van der Waals surface area (Å²) in [5.41, 5.74) is 9.63. The molecule has 1 aliphatic rings. The number of hydrogen-bond donors (Lipinski definition) is 2. The second-order valence-electron chi connectivity index (χ2n) is 4.77. The van der Waals surface area contributed by atoms with Crippen LogP contribution in [0.15, 0.2) is 12.1 Å². The zero-order valence-corrected chi connectivity index (χ0v) is 10.7. The highest BCUT2D eigenvalue weighted by molar-refractivity contribution is 5.98. The van der Waals surface area contributed by atoms with Crippen molar-refractivity contribution < 1.29 is 18.4 Å². The average Bonchev–Trinajstić information content (AvgIpc) is 2.42. The first-order chi connectivity index (χ1) is 9.41. The van der Waals surface area contributed by atoms with Crippen molar-refractivity contribution in [3.8, 4) is 0 Å². The summed E-state index contributed by atoms with van der Waals surface area (Å²) in [6.07, 6.45) is 1.86. The molecule has 1 aliphatic heterocycles. The molecule has 1 atom stereocenters. The summed E-state index contributed by atoms with van der Waals surface area (Å²) in [5, 5.41) is 0. The molecule has 108 valence electrons. The Morgan fingerprint density at radius 3 is 2.60 bits per heavy atom. The first kappa shape index (κ1) is 14.2. The molecule has 0 radical (unpaired) electrons. The van der Waals surface area contributed by atoms with E-state index in [1.54, 1.807) is 0 Å². The van der Waals surface area contributed by atoms with Crippen molar-refractivity contribution in [1.29, 1.82) is 0 Å². The van der Waals surface area contributed by atoms with Crippen LogP contribution in [-0.2, 0) is 4.79 Å². The van der Waals surface area contributed by atoms with Gasteiger partial charge in [0.05, 0.1) is 11.3 Å². The number of carbonyl (C=O) groups excluding carboxylic acids is 2. The Labute approximate surface area is 114 Å². The minimum atomic E-state index is -0.981. The van der Waals surface area contributed by atoms with Gasteiger partial charge >= 0.3 is 0 Å². The Morgan fingerprint density at radius 1 is 1.25 bits per heavy atom. The topological polar surface area (TPSA) is 89.4 Å². The van der Waals surface area contributed by atoms with E-state index in [4.69, 9.17) is 11.5 Å². The first-order valence-corrected chi connectivity index (χ1v) is 6.26. The number of hydrogen-bond acceptors (Lipinski definition) is 3. The number of nitrogens with two attached hydrogens (primary N) is 2. The van der Waals surface area contributed by atoms with Gasteiger partial charge in [-0.2, -0.15) is 0 Å². The zero-order valence-electron chi connectivity index (χ0n) is 10.7. The van der Waals surface area contributed by atoms with Crippen LogP contribution in [-0.4, -0.2) is 29.3 Å². The number of carbonyl (C=O) groups is 2. The fourth-order valence-electron chi connectivity index (χ4n) is 2.39. The number of benzene rings is 1. The Hall–Kier alpha value is -2.18. The van der Waals surface area contributed by atoms with Gasteiger partial charge in [0.2, 0.25) is 5.91 Å². The molecule has 7 heteroatoms. The van der Waals surface area contributed by atoms with Crippen LogP contribution in [0.3, 0.4) is 0 Å². The molecule has 1 saturated heterocycles. The highest BCUT2D eigenvalue weighted by Gasteiger charge is 2.32. The van der Waals surface area contributed by atoms with Crippen LogP contribution in [0.4, 0.5) is 14.5 Å². The minimum Gasteiger partial charge on any atom is -0.396 e. The van der Waals surface area contributed by atoms with Crippen LogP contribution in [0.2, 0.25) is 0 Å². The molecule has 1 heterocycles. The standard InChI is InChI=1S/C13H15F2N3O2/c14-7-5-8(11(15)9(16)6-7)13(20)18-4-2-1-3-10(18)12(17)19/h5-6,10H,1-4,16H2,(H2,17,19). The van der Waals surface area contributed by atoms with E-state index in [-0.39, 0.29) is 6.54 Å². The maximum Gasteiger partial charge on any atom is 0.257 e. The quantitative estimate of drug-likeness (QED) is 0.794. The fraction of sp³-hybridized carbons (Fsp3) is 0.385. The number of halogens is 2.